The van der Waals surface area contributed by atoms with Gasteiger partial charge in [0, 0.05) is 87.9 Å². The number of alkyl halides is 3. The van der Waals surface area contributed by atoms with Crippen LogP contribution in [-0.4, -0.2) is 270 Å². The molecule has 3 N–H and O–H groups in total. The van der Waals surface area contributed by atoms with E-state index < -0.39 is 185 Å². The van der Waals surface area contributed by atoms with Crippen molar-refractivity contribution >= 4 is 70.9 Å². The van der Waals surface area contributed by atoms with Crippen LogP contribution in [0.2, 0.25) is 0 Å². The third-order valence-electron chi connectivity index (χ3n) is 23.6. The molecule has 4 fully saturated rings. The molecule has 109 heavy (non-hydrogen) atoms. The van der Waals surface area contributed by atoms with Crippen LogP contribution in [0.1, 0.15) is 172 Å². The zero-order chi connectivity index (χ0) is 79.6. The van der Waals surface area contributed by atoms with E-state index in [0.29, 0.717) is 88.4 Å². The SMILES string of the molecule is CCCO[C@@H]1C[C@H]2C(=O)NC3(CC(C)(C)C3)C(=O)N(C)[C@@H](C3CCCC3)C(=O)N(C)[C@H](C(=O)N3CCCC3)CC(=O)N(C)[C@H]3CCCCc4ccc(cc4)C[C@@H](C(=O)N(C)CC(=O)N[C@@H](CCc4ccc(C(F)(F)F)c(OC)c4)C(=O)N2C1)N1CC/C=C\C[C@@H](C1=O)N(C)C(=O)CN(C)C(=O)[C@H]([C@@H](C)CC)NC3=O. The van der Waals surface area contributed by atoms with Gasteiger partial charge in [-0.05, 0) is 136 Å². The van der Waals surface area contributed by atoms with Gasteiger partial charge in [-0.25, -0.2) is 0 Å². The predicted octanol–water partition coefficient (Wildman–Crippen LogP) is 5.69. The van der Waals surface area contributed by atoms with E-state index in [4.69, 9.17) is 9.47 Å². The molecule has 6 bridgehead atoms. The zero-order valence-electron chi connectivity index (χ0n) is 65.7. The summed E-state index contributed by atoms with van der Waals surface area (Å²) in [6.07, 6.45) is 3.71. The first-order chi connectivity index (χ1) is 51.6. The molecule has 7 heterocycles. The summed E-state index contributed by atoms with van der Waals surface area (Å²) >= 11 is 0. The fourth-order valence-corrected chi connectivity index (χ4v) is 17.3. The number of amides is 12. The van der Waals surface area contributed by atoms with E-state index >= 15 is 43.2 Å². The first-order valence-corrected chi connectivity index (χ1v) is 39.1. The molecule has 0 aromatic heterocycles. The largest absolute Gasteiger partial charge is 0.496 e. The van der Waals surface area contributed by atoms with Gasteiger partial charge in [-0.1, -0.05) is 103 Å². The Morgan fingerprint density at radius 2 is 1.30 bits per heavy atom. The Labute approximate surface area is 639 Å². The van der Waals surface area contributed by atoms with Crippen molar-refractivity contribution in [2.75, 3.05) is 95.3 Å². The third kappa shape index (κ3) is 19.9. The van der Waals surface area contributed by atoms with Crippen molar-refractivity contribution in [1.29, 1.82) is 0 Å². The monoisotopic (exact) mass is 1520 g/mol. The summed E-state index contributed by atoms with van der Waals surface area (Å²) in [6, 6.07) is 0.188. The maximum Gasteiger partial charge on any atom is 0.419 e. The van der Waals surface area contributed by atoms with Crippen molar-refractivity contribution in [1.82, 2.24) is 60.0 Å². The molecule has 0 unspecified atom stereocenters. The minimum absolute atomic E-state index is 0.00352. The van der Waals surface area contributed by atoms with Gasteiger partial charge in [0.15, 0.2) is 0 Å². The Bertz CT molecular complexity index is 3680. The number of nitrogens with one attached hydrogen (secondary N) is 3. The van der Waals surface area contributed by atoms with Gasteiger partial charge in [0.1, 0.15) is 59.6 Å². The highest BCUT2D eigenvalue weighted by molar-refractivity contribution is 6.01. The fourth-order valence-electron chi connectivity index (χ4n) is 17.3. The van der Waals surface area contributed by atoms with Crippen molar-refractivity contribution in [2.24, 2.45) is 17.3 Å². The van der Waals surface area contributed by atoms with Gasteiger partial charge in [0.25, 0.3) is 0 Å². The summed E-state index contributed by atoms with van der Waals surface area (Å²) in [5.41, 5.74) is -1.46. The summed E-state index contributed by atoms with van der Waals surface area (Å²) in [6.45, 7) is 8.88. The van der Waals surface area contributed by atoms with Gasteiger partial charge in [0.05, 0.1) is 38.3 Å². The lowest BCUT2D eigenvalue weighted by molar-refractivity contribution is -0.161. The van der Waals surface area contributed by atoms with E-state index in [2.05, 4.69) is 16.0 Å². The molecule has 7 aliphatic heterocycles. The van der Waals surface area contributed by atoms with E-state index in [1.54, 1.807) is 17.9 Å². The van der Waals surface area contributed by atoms with E-state index in [1.807, 2.05) is 58.0 Å². The van der Waals surface area contributed by atoms with Crippen molar-refractivity contribution in [3.05, 3.63) is 76.9 Å². The summed E-state index contributed by atoms with van der Waals surface area (Å²) in [5, 5.41) is 8.90. The Kier molecular flexibility index (Phi) is 28.2. The Morgan fingerprint density at radius 3 is 1.94 bits per heavy atom. The van der Waals surface area contributed by atoms with Crippen molar-refractivity contribution < 1.29 is 80.2 Å². The summed E-state index contributed by atoms with van der Waals surface area (Å²) < 4.78 is 54.2. The van der Waals surface area contributed by atoms with Gasteiger partial charge < -0.3 is 69.5 Å². The molecule has 2 saturated carbocycles. The molecule has 10 atom stereocenters. The van der Waals surface area contributed by atoms with E-state index in [-0.39, 0.29) is 71.1 Å². The van der Waals surface area contributed by atoms with Gasteiger partial charge in [-0.15, -0.1) is 0 Å². The molecule has 9 aliphatic rings. The highest BCUT2D eigenvalue weighted by Crippen LogP contribution is 2.50. The average Bonchev–Trinajstić information content (AvgIpc) is 1.35. The van der Waals surface area contributed by atoms with Crippen LogP contribution in [0.5, 0.6) is 5.75 Å². The Morgan fingerprint density at radius 1 is 0.651 bits per heavy atom. The second-order valence-corrected chi connectivity index (χ2v) is 32.2. The van der Waals surface area contributed by atoms with E-state index in [0.717, 1.165) is 36.5 Å². The highest BCUT2D eigenvalue weighted by atomic mass is 19.4. The molecule has 1 spiro atoms. The maximum atomic E-state index is 16.0. The van der Waals surface area contributed by atoms with Crippen LogP contribution in [0.3, 0.4) is 0 Å². The van der Waals surface area contributed by atoms with Gasteiger partial charge in [-0.3, -0.25) is 57.5 Å². The maximum absolute atomic E-state index is 16.0. The molecule has 11 rings (SSSR count). The molecule has 0 radical (unpaired) electrons. The number of likely N-dealkylation sites (N-methyl/N-ethyl adjacent to an activating group) is 6. The van der Waals surface area contributed by atoms with Crippen molar-refractivity contribution in [3.63, 3.8) is 0 Å². The average molecular weight is 1530 g/mol. The van der Waals surface area contributed by atoms with Crippen molar-refractivity contribution in [2.45, 2.75) is 236 Å². The number of aryl methyl sites for hydroxylation is 2. The van der Waals surface area contributed by atoms with E-state index in [1.165, 1.54) is 88.7 Å². The second-order valence-electron chi connectivity index (χ2n) is 32.2. The lowest BCUT2D eigenvalue weighted by Crippen LogP contribution is -2.71. The molecule has 2 saturated heterocycles. The molecule has 2 aromatic rings. The minimum Gasteiger partial charge on any atom is -0.496 e. The van der Waals surface area contributed by atoms with Crippen LogP contribution in [-0.2, 0) is 87.7 Å². The minimum atomic E-state index is -4.78. The lowest BCUT2D eigenvalue weighted by atomic mass is 9.58. The number of fused-ring (bicyclic) bond motifs is 22. The van der Waals surface area contributed by atoms with Crippen LogP contribution < -0.4 is 20.7 Å². The topological polar surface area (TPSA) is 289 Å². The number of benzene rings is 2. The molecule has 29 heteroatoms. The van der Waals surface area contributed by atoms with Crippen LogP contribution in [0.25, 0.3) is 0 Å². The van der Waals surface area contributed by atoms with Gasteiger partial charge in [-0.2, -0.15) is 13.2 Å². The molecule has 26 nitrogen and oxygen atoms in total. The summed E-state index contributed by atoms with van der Waals surface area (Å²) in [4.78, 5) is 197. The van der Waals surface area contributed by atoms with Crippen LogP contribution >= 0.6 is 0 Å². The Hall–Kier alpha value is -8.63. The molecule has 2 aliphatic carbocycles. The molecular formula is C80H115F3N12O14. The number of rotatable bonds is 11. The number of halogens is 3. The lowest BCUT2D eigenvalue weighted by Gasteiger charge is -2.54. The fraction of sp³-hybridized carbons (Fsp3) is 0.675. The number of ether oxygens (including phenoxy) is 2. The number of hydrogen-bond acceptors (Lipinski definition) is 14. The Balaban J connectivity index is 1.18. The van der Waals surface area contributed by atoms with Gasteiger partial charge >= 0.3 is 6.18 Å². The third-order valence-corrected chi connectivity index (χ3v) is 23.6. The normalized spacial score (nSPS) is 27.7. The van der Waals surface area contributed by atoms with Crippen LogP contribution in [0.15, 0.2) is 54.6 Å². The molecular weight excluding hydrogens is 1410 g/mol. The summed E-state index contributed by atoms with van der Waals surface area (Å²) in [5.74, 6) is -9.45. The standard InChI is InChI=1S/C80H115F3N12O14/c1-13-40-109-55-43-60-70(100)86-79(48-78(4,5)49-79)77(107)92(11)68(54-25-18-19-26-54)76(106)91(10)61(73(103)93-37-22-23-38-93)44-65(97)89(8)58-27-20-17-24-51-29-31-52(32-30-51)41-62(94-39-21-15-16-28-59(74(94)104)90(9)66(98)47-88(7)75(105)67(50(3)14-2)85-69(58)99)72(102)87(6)46-64(96)84-57(71(101)95(60)45-55)36-34-53-33-35-56(80(81,82)83)63(42-53)108-12/h15-16,29-33,35,42,50,54-55,57-62,67-68H,13-14,17-28,34,36-41,43-49H2,1-12H3,(H,84,96)(H,85,99)(H,86,100)/b16-15-/t50-,55+,57-,58-,59-,60-,61-,62-,67-,68-/m0/s1. The van der Waals surface area contributed by atoms with E-state index in [9.17, 15) is 27.6 Å². The number of likely N-dealkylation sites (tertiary alicyclic amines) is 1. The quantitative estimate of drug-likeness (QED) is 0.180. The zero-order valence-corrected chi connectivity index (χ0v) is 65.7. The molecule has 600 valence electrons. The summed E-state index contributed by atoms with van der Waals surface area (Å²) in [7, 11) is 9.72. The number of hydrogen-bond donors (Lipinski definition) is 3. The smallest absolute Gasteiger partial charge is 0.419 e. The molecule has 12 amide bonds. The molecule has 2 aromatic carbocycles. The van der Waals surface area contributed by atoms with Crippen LogP contribution in [0, 0.1) is 17.3 Å². The number of nitrogens with zero attached hydrogens (tertiary/aromatic N) is 9. The van der Waals surface area contributed by atoms with Crippen LogP contribution in [0.4, 0.5) is 13.2 Å². The number of carbonyl (C=O) groups excluding carboxylic acids is 12. The number of carbonyl (C=O) groups is 12. The predicted molar refractivity (Wildman–Crippen MR) is 399 cm³/mol. The number of methoxy groups -OCH3 is 1. The first kappa shape index (κ1) is 84.4. The highest BCUT2D eigenvalue weighted by Gasteiger charge is 2.59. The van der Waals surface area contributed by atoms with Crippen molar-refractivity contribution in [3.8, 4) is 5.75 Å². The first-order valence-electron chi connectivity index (χ1n) is 39.1. The second kappa shape index (κ2) is 36.5. The van der Waals surface area contributed by atoms with Gasteiger partial charge in [0.2, 0.25) is 70.9 Å².